The first-order valence-electron chi connectivity index (χ1n) is 8.09. The number of hydrogen-bond acceptors (Lipinski definition) is 3. The van der Waals surface area contributed by atoms with E-state index in [1.54, 1.807) is 0 Å². The Morgan fingerprint density at radius 1 is 0.950 bits per heavy atom. The van der Waals surface area contributed by atoms with Crippen molar-refractivity contribution in [1.29, 1.82) is 0 Å². The van der Waals surface area contributed by atoms with Crippen molar-refractivity contribution in [3.05, 3.63) is 35.4 Å². The lowest BCUT2D eigenvalue weighted by atomic mass is 10.1. The molecule has 20 heavy (non-hydrogen) atoms. The van der Waals surface area contributed by atoms with Gasteiger partial charge in [-0.1, -0.05) is 30.7 Å². The van der Waals surface area contributed by atoms with E-state index in [0.717, 1.165) is 32.6 Å². The minimum atomic E-state index is 0.798. The number of nitrogens with two attached hydrogens (primary N) is 1. The largest absolute Gasteiger partial charge is 0.330 e. The Morgan fingerprint density at radius 3 is 2.35 bits per heavy atom. The van der Waals surface area contributed by atoms with Gasteiger partial charge in [-0.05, 0) is 63.0 Å². The van der Waals surface area contributed by atoms with E-state index in [-0.39, 0.29) is 0 Å². The summed E-state index contributed by atoms with van der Waals surface area (Å²) in [6.07, 6.45) is 6.42. The Hall–Kier alpha value is -0.900. The summed E-state index contributed by atoms with van der Waals surface area (Å²) < 4.78 is 0. The summed E-state index contributed by atoms with van der Waals surface area (Å²) in [6.45, 7) is 6.48. The summed E-state index contributed by atoms with van der Waals surface area (Å²) in [4.78, 5) is 2.57. The van der Waals surface area contributed by atoms with Gasteiger partial charge in [0.05, 0.1) is 0 Å². The van der Waals surface area contributed by atoms with Crippen LogP contribution in [0.2, 0.25) is 0 Å². The zero-order valence-corrected chi connectivity index (χ0v) is 12.6. The van der Waals surface area contributed by atoms with Crippen molar-refractivity contribution in [3.63, 3.8) is 0 Å². The molecule has 1 aliphatic rings. The zero-order chi connectivity index (χ0) is 14.0. The Balaban J connectivity index is 1.69. The summed E-state index contributed by atoms with van der Waals surface area (Å²) in [5.41, 5.74) is 8.30. The van der Waals surface area contributed by atoms with Crippen LogP contribution in [0.5, 0.6) is 0 Å². The zero-order valence-electron chi connectivity index (χ0n) is 12.6. The predicted molar refractivity (Wildman–Crippen MR) is 85.6 cm³/mol. The SMILES string of the molecule is NCCCCNCc1ccc(CN2CCCCC2)cc1. The number of likely N-dealkylation sites (tertiary alicyclic amines) is 1. The summed E-state index contributed by atoms with van der Waals surface area (Å²) in [5, 5.41) is 3.47. The molecule has 0 aliphatic carbocycles. The second-order valence-electron chi connectivity index (χ2n) is 5.83. The molecule has 1 saturated heterocycles. The second-order valence-corrected chi connectivity index (χ2v) is 5.83. The highest BCUT2D eigenvalue weighted by atomic mass is 15.1. The summed E-state index contributed by atoms with van der Waals surface area (Å²) in [6, 6.07) is 9.08. The standard InChI is InChI=1S/C17H29N3/c18-10-2-3-11-19-14-16-6-8-17(9-7-16)15-20-12-4-1-5-13-20/h6-9,19H,1-5,10-15,18H2. The number of nitrogens with zero attached hydrogens (tertiary/aromatic N) is 1. The minimum Gasteiger partial charge on any atom is -0.330 e. The third-order valence-electron chi connectivity index (χ3n) is 4.01. The van der Waals surface area contributed by atoms with Crippen LogP contribution in [0.4, 0.5) is 0 Å². The molecule has 0 spiro atoms. The molecule has 0 atom stereocenters. The van der Waals surface area contributed by atoms with Crippen molar-refractivity contribution < 1.29 is 0 Å². The van der Waals surface area contributed by atoms with Gasteiger partial charge < -0.3 is 11.1 Å². The Morgan fingerprint density at radius 2 is 1.65 bits per heavy atom. The minimum absolute atomic E-state index is 0.798. The molecule has 0 saturated carbocycles. The molecular weight excluding hydrogens is 246 g/mol. The van der Waals surface area contributed by atoms with Gasteiger partial charge in [0.15, 0.2) is 0 Å². The molecule has 2 rings (SSSR count). The van der Waals surface area contributed by atoms with Crippen molar-refractivity contribution in [2.45, 2.75) is 45.2 Å². The molecule has 112 valence electrons. The molecule has 0 amide bonds. The Kier molecular flexibility index (Phi) is 7.06. The van der Waals surface area contributed by atoms with E-state index < -0.39 is 0 Å². The van der Waals surface area contributed by atoms with Gasteiger partial charge in [-0.3, -0.25) is 4.90 Å². The van der Waals surface area contributed by atoms with Crippen LogP contribution in [0, 0.1) is 0 Å². The van der Waals surface area contributed by atoms with Gasteiger partial charge in [-0.15, -0.1) is 0 Å². The van der Waals surface area contributed by atoms with Gasteiger partial charge >= 0.3 is 0 Å². The maximum atomic E-state index is 5.48. The molecule has 3 nitrogen and oxygen atoms in total. The highest BCUT2D eigenvalue weighted by molar-refractivity contribution is 5.22. The quantitative estimate of drug-likeness (QED) is 0.716. The molecule has 1 aromatic rings. The first-order chi connectivity index (χ1) is 9.88. The van der Waals surface area contributed by atoms with E-state index in [2.05, 4.69) is 34.5 Å². The summed E-state index contributed by atoms with van der Waals surface area (Å²) in [5.74, 6) is 0. The fourth-order valence-electron chi connectivity index (χ4n) is 2.77. The molecule has 0 aromatic heterocycles. The number of piperidine rings is 1. The molecular formula is C17H29N3. The summed E-state index contributed by atoms with van der Waals surface area (Å²) in [7, 11) is 0. The van der Waals surface area contributed by atoms with E-state index in [0.29, 0.717) is 0 Å². The van der Waals surface area contributed by atoms with Crippen molar-refractivity contribution in [2.24, 2.45) is 5.73 Å². The van der Waals surface area contributed by atoms with Gasteiger partial charge in [0.25, 0.3) is 0 Å². The number of benzene rings is 1. The lowest BCUT2D eigenvalue weighted by Gasteiger charge is -2.26. The smallest absolute Gasteiger partial charge is 0.0233 e. The summed E-state index contributed by atoms with van der Waals surface area (Å²) >= 11 is 0. The van der Waals surface area contributed by atoms with Gasteiger partial charge in [-0.25, -0.2) is 0 Å². The van der Waals surface area contributed by atoms with Crippen molar-refractivity contribution >= 4 is 0 Å². The van der Waals surface area contributed by atoms with Crippen LogP contribution >= 0.6 is 0 Å². The topological polar surface area (TPSA) is 41.3 Å². The lowest BCUT2D eigenvalue weighted by molar-refractivity contribution is 0.221. The predicted octanol–water partition coefficient (Wildman–Crippen LogP) is 2.50. The second kappa shape index (κ2) is 9.11. The molecule has 1 aromatic carbocycles. The molecule has 1 heterocycles. The molecule has 3 heteroatoms. The van der Waals surface area contributed by atoms with Gasteiger partial charge in [-0.2, -0.15) is 0 Å². The van der Waals surface area contributed by atoms with E-state index in [9.17, 15) is 0 Å². The molecule has 0 radical (unpaired) electrons. The van der Waals surface area contributed by atoms with Crippen molar-refractivity contribution in [1.82, 2.24) is 10.2 Å². The van der Waals surface area contributed by atoms with Crippen LogP contribution in [0.1, 0.15) is 43.2 Å². The highest BCUT2D eigenvalue weighted by Gasteiger charge is 2.09. The van der Waals surface area contributed by atoms with Crippen LogP contribution < -0.4 is 11.1 Å². The van der Waals surface area contributed by atoms with Crippen LogP contribution in [0.15, 0.2) is 24.3 Å². The average Bonchev–Trinajstić information content (AvgIpc) is 2.50. The third kappa shape index (κ3) is 5.61. The van der Waals surface area contributed by atoms with E-state index in [4.69, 9.17) is 5.73 Å². The van der Waals surface area contributed by atoms with Crippen LogP contribution in [0.3, 0.4) is 0 Å². The van der Waals surface area contributed by atoms with E-state index in [1.807, 2.05) is 0 Å². The van der Waals surface area contributed by atoms with Gasteiger partial charge in [0, 0.05) is 13.1 Å². The number of hydrogen-bond donors (Lipinski definition) is 2. The van der Waals surface area contributed by atoms with E-state index >= 15 is 0 Å². The first kappa shape index (κ1) is 15.5. The van der Waals surface area contributed by atoms with Gasteiger partial charge in [0.1, 0.15) is 0 Å². The van der Waals surface area contributed by atoms with Gasteiger partial charge in [0.2, 0.25) is 0 Å². The molecule has 0 bridgehead atoms. The third-order valence-corrected chi connectivity index (χ3v) is 4.01. The fourth-order valence-corrected chi connectivity index (χ4v) is 2.77. The maximum absolute atomic E-state index is 5.48. The van der Waals surface area contributed by atoms with Crippen LogP contribution in [0.25, 0.3) is 0 Å². The Bertz CT molecular complexity index is 355. The molecule has 1 fully saturated rings. The number of nitrogens with one attached hydrogen (secondary N) is 1. The molecule has 1 aliphatic heterocycles. The van der Waals surface area contributed by atoms with Crippen LogP contribution in [-0.2, 0) is 13.1 Å². The number of rotatable bonds is 8. The van der Waals surface area contributed by atoms with Crippen molar-refractivity contribution in [3.8, 4) is 0 Å². The maximum Gasteiger partial charge on any atom is 0.0233 e. The molecule has 3 N–H and O–H groups in total. The highest BCUT2D eigenvalue weighted by Crippen LogP contribution is 2.13. The van der Waals surface area contributed by atoms with Crippen molar-refractivity contribution in [2.75, 3.05) is 26.2 Å². The van der Waals surface area contributed by atoms with Crippen LogP contribution in [-0.4, -0.2) is 31.1 Å². The monoisotopic (exact) mass is 275 g/mol. The normalized spacial score (nSPS) is 16.4. The van der Waals surface area contributed by atoms with E-state index in [1.165, 1.54) is 49.9 Å². The average molecular weight is 275 g/mol. The fraction of sp³-hybridized carbons (Fsp3) is 0.647. The first-order valence-corrected chi connectivity index (χ1v) is 8.09. The molecule has 0 unspecified atom stereocenters. The lowest BCUT2D eigenvalue weighted by Crippen LogP contribution is -2.29. The number of unbranched alkanes of at least 4 members (excludes halogenated alkanes) is 1. The Labute approximate surface area is 123 Å².